The van der Waals surface area contributed by atoms with Crippen LogP contribution in [0.4, 0.5) is 37.7 Å². The van der Waals surface area contributed by atoms with Crippen LogP contribution in [0.3, 0.4) is 0 Å². The molecule has 0 radical (unpaired) electrons. The van der Waals surface area contributed by atoms with Crippen molar-refractivity contribution in [1.29, 1.82) is 0 Å². The first-order valence-corrected chi connectivity index (χ1v) is 4.79. The number of hydrogen-bond acceptors (Lipinski definition) is 2. The zero-order valence-corrected chi connectivity index (χ0v) is 8.94. The van der Waals surface area contributed by atoms with Crippen molar-refractivity contribution in [1.82, 2.24) is 0 Å². The van der Waals surface area contributed by atoms with Gasteiger partial charge in [0, 0.05) is 0 Å². The summed E-state index contributed by atoms with van der Waals surface area (Å²) < 4.78 is 74.1. The Morgan fingerprint density at radius 1 is 0.944 bits per heavy atom. The van der Waals surface area contributed by atoms with E-state index < -0.39 is 24.7 Å². The van der Waals surface area contributed by atoms with Crippen LogP contribution in [0.1, 0.15) is 5.56 Å². The fourth-order valence-electron chi connectivity index (χ4n) is 1.45. The van der Waals surface area contributed by atoms with Crippen molar-refractivity contribution in [2.45, 2.75) is 18.8 Å². The van der Waals surface area contributed by atoms with Gasteiger partial charge in [0.2, 0.25) is 0 Å². The molecule has 0 aromatic heterocycles. The van der Waals surface area contributed by atoms with E-state index in [9.17, 15) is 26.3 Å². The molecular weight excluding hydrogens is 262 g/mol. The van der Waals surface area contributed by atoms with Crippen LogP contribution >= 0.6 is 0 Å². The van der Waals surface area contributed by atoms with Crippen LogP contribution in [0.15, 0.2) is 18.2 Å². The number of nitrogens with two attached hydrogens (primary N) is 2. The van der Waals surface area contributed by atoms with Gasteiger partial charge < -0.3 is 11.5 Å². The van der Waals surface area contributed by atoms with Gasteiger partial charge in [-0.15, -0.1) is 0 Å². The minimum absolute atomic E-state index is 0.0457. The SMILES string of the molecule is Nc1cccc(CC(C(F)(F)F)C(F)(F)F)c1N. The maximum absolute atomic E-state index is 12.3. The molecule has 1 aromatic rings. The van der Waals surface area contributed by atoms with Gasteiger partial charge >= 0.3 is 12.4 Å². The molecule has 0 unspecified atom stereocenters. The summed E-state index contributed by atoms with van der Waals surface area (Å²) >= 11 is 0. The van der Waals surface area contributed by atoms with Crippen LogP contribution in [0.5, 0.6) is 0 Å². The highest BCUT2D eigenvalue weighted by molar-refractivity contribution is 5.67. The normalized spacial score (nSPS) is 13.1. The number of nitrogen functional groups attached to an aromatic ring is 2. The zero-order valence-electron chi connectivity index (χ0n) is 8.94. The second-order valence-corrected chi connectivity index (χ2v) is 3.76. The minimum atomic E-state index is -5.38. The molecule has 0 atom stereocenters. The van der Waals surface area contributed by atoms with E-state index in [1.54, 1.807) is 0 Å². The van der Waals surface area contributed by atoms with Gasteiger partial charge in [-0.1, -0.05) is 12.1 Å². The fraction of sp³-hybridized carbons (Fsp3) is 0.400. The maximum atomic E-state index is 12.3. The summed E-state index contributed by atoms with van der Waals surface area (Å²) in [6.07, 6.45) is -12.0. The maximum Gasteiger partial charge on any atom is 0.400 e. The molecule has 0 saturated heterocycles. The van der Waals surface area contributed by atoms with Gasteiger partial charge in [-0.2, -0.15) is 26.3 Å². The number of rotatable bonds is 2. The first-order valence-electron chi connectivity index (χ1n) is 4.79. The largest absolute Gasteiger partial charge is 0.400 e. The smallest absolute Gasteiger partial charge is 0.397 e. The van der Waals surface area contributed by atoms with Crippen molar-refractivity contribution < 1.29 is 26.3 Å². The van der Waals surface area contributed by atoms with E-state index in [4.69, 9.17) is 11.5 Å². The predicted octanol–water partition coefficient (Wildman–Crippen LogP) is 3.13. The highest BCUT2D eigenvalue weighted by atomic mass is 19.4. The van der Waals surface area contributed by atoms with E-state index in [0.717, 1.165) is 6.07 Å². The summed E-state index contributed by atoms with van der Waals surface area (Å²) in [7, 11) is 0. The van der Waals surface area contributed by atoms with Crippen LogP contribution in [-0.4, -0.2) is 12.4 Å². The second kappa shape index (κ2) is 4.58. The molecule has 0 spiro atoms. The summed E-state index contributed by atoms with van der Waals surface area (Å²) in [6, 6.07) is 3.65. The van der Waals surface area contributed by atoms with Gasteiger partial charge in [0.15, 0.2) is 5.92 Å². The van der Waals surface area contributed by atoms with E-state index in [-0.39, 0.29) is 16.9 Å². The third kappa shape index (κ3) is 3.21. The van der Waals surface area contributed by atoms with Gasteiger partial charge in [0.1, 0.15) is 0 Å². The monoisotopic (exact) mass is 272 g/mol. The van der Waals surface area contributed by atoms with E-state index in [0.29, 0.717) is 0 Å². The Balaban J connectivity index is 3.09. The molecule has 0 heterocycles. The Morgan fingerprint density at radius 3 is 1.89 bits per heavy atom. The molecule has 0 aliphatic rings. The lowest BCUT2D eigenvalue weighted by atomic mass is 9.96. The third-order valence-electron chi connectivity index (χ3n) is 2.44. The van der Waals surface area contributed by atoms with Gasteiger partial charge in [0.25, 0.3) is 0 Å². The molecule has 0 saturated carbocycles. The Labute approximate surface area is 98.6 Å². The lowest BCUT2D eigenvalue weighted by Gasteiger charge is -2.23. The molecule has 0 aliphatic carbocycles. The van der Waals surface area contributed by atoms with Crippen molar-refractivity contribution in [3.05, 3.63) is 23.8 Å². The van der Waals surface area contributed by atoms with Crippen LogP contribution in [0.2, 0.25) is 0 Å². The van der Waals surface area contributed by atoms with Gasteiger partial charge in [0.05, 0.1) is 11.4 Å². The number of benzene rings is 1. The van der Waals surface area contributed by atoms with E-state index in [1.165, 1.54) is 12.1 Å². The molecule has 18 heavy (non-hydrogen) atoms. The highest BCUT2D eigenvalue weighted by Gasteiger charge is 2.56. The summed E-state index contributed by atoms with van der Waals surface area (Å²) in [4.78, 5) is 0. The number of anilines is 2. The molecule has 0 bridgehead atoms. The van der Waals surface area contributed by atoms with Crippen LogP contribution in [0.25, 0.3) is 0 Å². The van der Waals surface area contributed by atoms with Crippen LogP contribution in [0, 0.1) is 5.92 Å². The molecule has 0 amide bonds. The van der Waals surface area contributed by atoms with Crippen molar-refractivity contribution in [3.63, 3.8) is 0 Å². The first-order chi connectivity index (χ1) is 8.03. The highest BCUT2D eigenvalue weighted by Crippen LogP contribution is 2.42. The third-order valence-corrected chi connectivity index (χ3v) is 2.44. The number of para-hydroxylation sites is 1. The first kappa shape index (κ1) is 14.5. The second-order valence-electron chi connectivity index (χ2n) is 3.76. The lowest BCUT2D eigenvalue weighted by molar-refractivity contribution is -0.283. The Morgan fingerprint density at radius 2 is 1.44 bits per heavy atom. The topological polar surface area (TPSA) is 52.0 Å². The standard InChI is InChI=1S/C10H10F6N2/c11-9(12,13)7(10(14,15)16)4-5-2-1-3-6(17)8(5)18/h1-3,7H,4,17-18H2. The van der Waals surface area contributed by atoms with Crippen LogP contribution < -0.4 is 11.5 Å². The van der Waals surface area contributed by atoms with E-state index in [2.05, 4.69) is 0 Å². The molecule has 4 N–H and O–H groups in total. The Bertz CT molecular complexity index is 409. The molecule has 1 aromatic carbocycles. The summed E-state index contributed by atoms with van der Waals surface area (Å²) in [5.74, 6) is -3.45. The molecule has 0 fully saturated rings. The van der Waals surface area contributed by atoms with E-state index >= 15 is 0 Å². The van der Waals surface area contributed by atoms with Crippen molar-refractivity contribution in [2.24, 2.45) is 5.92 Å². The average molecular weight is 272 g/mol. The summed E-state index contributed by atoms with van der Waals surface area (Å²) in [5.41, 5.74) is 10.1. The molecular formula is C10H10F6N2. The number of hydrogen-bond donors (Lipinski definition) is 2. The summed E-state index contributed by atoms with van der Waals surface area (Å²) in [6.45, 7) is 0. The van der Waals surface area contributed by atoms with Crippen molar-refractivity contribution in [2.75, 3.05) is 11.5 Å². The van der Waals surface area contributed by atoms with Gasteiger partial charge in [-0.3, -0.25) is 0 Å². The Kier molecular flexibility index (Phi) is 3.68. The van der Waals surface area contributed by atoms with Gasteiger partial charge in [-0.25, -0.2) is 0 Å². The van der Waals surface area contributed by atoms with Crippen LogP contribution in [-0.2, 0) is 6.42 Å². The van der Waals surface area contributed by atoms with Gasteiger partial charge in [-0.05, 0) is 18.1 Å². The average Bonchev–Trinajstić information content (AvgIpc) is 2.16. The lowest BCUT2D eigenvalue weighted by Crippen LogP contribution is -2.38. The minimum Gasteiger partial charge on any atom is -0.397 e. The number of alkyl halides is 6. The van der Waals surface area contributed by atoms with Crippen molar-refractivity contribution >= 4 is 11.4 Å². The van der Waals surface area contributed by atoms with Crippen molar-refractivity contribution in [3.8, 4) is 0 Å². The Hall–Kier alpha value is -1.60. The molecule has 8 heteroatoms. The zero-order chi connectivity index (χ0) is 14.1. The number of halogens is 6. The fourth-order valence-corrected chi connectivity index (χ4v) is 1.45. The molecule has 0 aliphatic heterocycles. The molecule has 2 nitrogen and oxygen atoms in total. The quantitative estimate of drug-likeness (QED) is 0.642. The molecule has 1 rings (SSSR count). The molecule has 102 valence electrons. The van der Waals surface area contributed by atoms with E-state index in [1.807, 2.05) is 0 Å². The predicted molar refractivity (Wildman–Crippen MR) is 54.6 cm³/mol. The summed E-state index contributed by atoms with van der Waals surface area (Å²) in [5, 5.41) is 0.